The molecule has 0 spiro atoms. The first kappa shape index (κ1) is 12.6. The molecular weight excluding hydrogens is 232 g/mol. The summed E-state index contributed by atoms with van der Waals surface area (Å²) in [6.45, 7) is 4.76. The van der Waals surface area contributed by atoms with E-state index < -0.39 is 10.0 Å². The Balaban J connectivity index is 2.82. The third-order valence-electron chi connectivity index (χ3n) is 1.91. The van der Waals surface area contributed by atoms with Crippen LogP contribution >= 0.6 is 11.3 Å². The smallest absolute Gasteiger partial charge is 0.250 e. The maximum Gasteiger partial charge on any atom is 0.250 e. The van der Waals surface area contributed by atoms with Crippen molar-refractivity contribution >= 4 is 21.4 Å². The number of aryl methyl sites for hydroxylation is 2. The Labute approximate surface area is 94.8 Å². The van der Waals surface area contributed by atoms with Crippen molar-refractivity contribution in [3.05, 3.63) is 16.5 Å². The summed E-state index contributed by atoms with van der Waals surface area (Å²) in [5.41, 5.74) is 0.814. The highest BCUT2D eigenvalue weighted by Crippen LogP contribution is 2.25. The Hall–Kier alpha value is -0.430. The zero-order chi connectivity index (χ0) is 11.5. The van der Waals surface area contributed by atoms with Gasteiger partial charge in [-0.15, -0.1) is 11.3 Å². The summed E-state index contributed by atoms with van der Waals surface area (Å²) in [5.74, 6) is 0. The molecule has 6 heteroatoms. The van der Waals surface area contributed by atoms with Gasteiger partial charge in [-0.05, 0) is 32.5 Å². The lowest BCUT2D eigenvalue weighted by molar-refractivity contribution is 0.581. The van der Waals surface area contributed by atoms with Crippen molar-refractivity contribution in [1.82, 2.24) is 10.0 Å². The predicted molar refractivity (Wildman–Crippen MR) is 62.9 cm³/mol. The van der Waals surface area contributed by atoms with Gasteiger partial charge in [-0.1, -0.05) is 0 Å². The number of sulfonamides is 1. The SMILES string of the molecule is CNCCNS(=O)(=O)c1sc(C)cc1C. The molecule has 4 nitrogen and oxygen atoms in total. The van der Waals surface area contributed by atoms with E-state index in [-0.39, 0.29) is 0 Å². The van der Waals surface area contributed by atoms with Gasteiger partial charge >= 0.3 is 0 Å². The lowest BCUT2D eigenvalue weighted by atomic mass is 10.4. The minimum Gasteiger partial charge on any atom is -0.318 e. The molecule has 0 amide bonds. The number of nitrogens with one attached hydrogen (secondary N) is 2. The largest absolute Gasteiger partial charge is 0.318 e. The van der Waals surface area contributed by atoms with Crippen molar-refractivity contribution < 1.29 is 8.42 Å². The van der Waals surface area contributed by atoms with Gasteiger partial charge in [-0.3, -0.25) is 0 Å². The summed E-state index contributed by atoms with van der Waals surface area (Å²) in [7, 11) is -1.53. The van der Waals surface area contributed by atoms with E-state index in [0.717, 1.165) is 10.4 Å². The van der Waals surface area contributed by atoms with Gasteiger partial charge in [-0.2, -0.15) is 0 Å². The molecule has 0 aliphatic heterocycles. The number of hydrogen-bond acceptors (Lipinski definition) is 4. The first-order valence-corrected chi connectivity index (χ1v) is 6.98. The Kier molecular flexibility index (Phi) is 4.27. The molecule has 1 heterocycles. The summed E-state index contributed by atoms with van der Waals surface area (Å²) in [6.07, 6.45) is 0. The molecule has 0 aromatic carbocycles. The monoisotopic (exact) mass is 248 g/mol. The van der Waals surface area contributed by atoms with E-state index >= 15 is 0 Å². The lowest BCUT2D eigenvalue weighted by Crippen LogP contribution is -2.30. The van der Waals surface area contributed by atoms with E-state index in [2.05, 4.69) is 10.0 Å². The average molecular weight is 248 g/mol. The summed E-state index contributed by atoms with van der Waals surface area (Å²) in [4.78, 5) is 1.02. The molecule has 0 atom stereocenters. The van der Waals surface area contributed by atoms with E-state index in [1.165, 1.54) is 11.3 Å². The van der Waals surface area contributed by atoms with Crippen molar-refractivity contribution in [2.45, 2.75) is 18.1 Å². The molecule has 0 bridgehead atoms. The van der Waals surface area contributed by atoms with Crippen molar-refractivity contribution in [3.8, 4) is 0 Å². The third kappa shape index (κ3) is 3.27. The Bertz CT molecular complexity index is 423. The van der Waals surface area contributed by atoms with E-state index in [0.29, 0.717) is 17.3 Å². The van der Waals surface area contributed by atoms with Crippen LogP contribution in [0.5, 0.6) is 0 Å². The molecule has 0 fully saturated rings. The quantitative estimate of drug-likeness (QED) is 0.760. The molecule has 0 saturated heterocycles. The van der Waals surface area contributed by atoms with Crippen LogP contribution < -0.4 is 10.0 Å². The van der Waals surface area contributed by atoms with Crippen LogP contribution in [0.3, 0.4) is 0 Å². The van der Waals surface area contributed by atoms with Crippen LogP contribution in [0.15, 0.2) is 10.3 Å². The molecule has 15 heavy (non-hydrogen) atoms. The molecule has 0 aliphatic carbocycles. The van der Waals surface area contributed by atoms with Gasteiger partial charge in [0.15, 0.2) is 0 Å². The highest BCUT2D eigenvalue weighted by Gasteiger charge is 2.18. The standard InChI is InChI=1S/C9H16N2O2S2/c1-7-6-8(2)14-9(7)15(12,13)11-5-4-10-3/h6,10-11H,4-5H2,1-3H3. The number of thiophene rings is 1. The summed E-state index contributed by atoms with van der Waals surface area (Å²) in [6, 6.07) is 1.89. The average Bonchev–Trinajstić information content (AvgIpc) is 2.46. The summed E-state index contributed by atoms with van der Waals surface area (Å²) in [5, 5.41) is 2.89. The molecule has 1 aromatic rings. The van der Waals surface area contributed by atoms with Gasteiger partial charge in [0.05, 0.1) is 0 Å². The van der Waals surface area contributed by atoms with Gasteiger partial charge < -0.3 is 5.32 Å². The highest BCUT2D eigenvalue weighted by molar-refractivity contribution is 7.91. The maximum absolute atomic E-state index is 11.8. The zero-order valence-electron chi connectivity index (χ0n) is 9.12. The second kappa shape index (κ2) is 5.07. The molecule has 2 N–H and O–H groups in total. The van der Waals surface area contributed by atoms with Crippen LogP contribution in [0.25, 0.3) is 0 Å². The Morgan fingerprint density at radius 2 is 2.00 bits per heavy atom. The second-order valence-corrected chi connectivity index (χ2v) is 6.55. The molecule has 86 valence electrons. The summed E-state index contributed by atoms with van der Waals surface area (Å²) >= 11 is 1.31. The number of likely N-dealkylation sites (N-methyl/N-ethyl adjacent to an activating group) is 1. The van der Waals surface area contributed by atoms with Gasteiger partial charge in [0.25, 0.3) is 0 Å². The topological polar surface area (TPSA) is 58.2 Å². The number of hydrogen-bond donors (Lipinski definition) is 2. The van der Waals surface area contributed by atoms with Crippen molar-refractivity contribution in [2.24, 2.45) is 0 Å². The van der Waals surface area contributed by atoms with Gasteiger partial charge in [-0.25, -0.2) is 13.1 Å². The molecule has 0 radical (unpaired) electrons. The zero-order valence-corrected chi connectivity index (χ0v) is 10.8. The van der Waals surface area contributed by atoms with Gasteiger partial charge in [0, 0.05) is 18.0 Å². The van der Waals surface area contributed by atoms with Crippen LogP contribution in [0, 0.1) is 13.8 Å². The molecule has 0 unspecified atom stereocenters. The molecular formula is C9H16N2O2S2. The maximum atomic E-state index is 11.8. The van der Waals surface area contributed by atoms with Crippen molar-refractivity contribution in [3.63, 3.8) is 0 Å². The normalized spacial score (nSPS) is 11.9. The van der Waals surface area contributed by atoms with Crippen LogP contribution in [-0.4, -0.2) is 28.6 Å². The number of rotatable bonds is 5. The lowest BCUT2D eigenvalue weighted by Gasteiger charge is -2.04. The first-order valence-electron chi connectivity index (χ1n) is 4.68. The second-order valence-electron chi connectivity index (χ2n) is 3.33. The fourth-order valence-corrected chi connectivity index (χ4v) is 4.01. The minimum absolute atomic E-state index is 0.412. The van der Waals surface area contributed by atoms with Crippen LogP contribution in [0.1, 0.15) is 10.4 Å². The van der Waals surface area contributed by atoms with Gasteiger partial charge in [0.2, 0.25) is 10.0 Å². The molecule has 1 aromatic heterocycles. The minimum atomic E-state index is -3.31. The van der Waals surface area contributed by atoms with E-state index in [1.54, 1.807) is 7.05 Å². The fraction of sp³-hybridized carbons (Fsp3) is 0.556. The van der Waals surface area contributed by atoms with Crippen molar-refractivity contribution in [2.75, 3.05) is 20.1 Å². The highest BCUT2D eigenvalue weighted by atomic mass is 32.2. The molecule has 1 rings (SSSR count). The van der Waals surface area contributed by atoms with E-state index in [9.17, 15) is 8.42 Å². The molecule has 0 saturated carbocycles. The van der Waals surface area contributed by atoms with Crippen LogP contribution in [-0.2, 0) is 10.0 Å². The Morgan fingerprint density at radius 1 is 1.33 bits per heavy atom. The van der Waals surface area contributed by atoms with Gasteiger partial charge in [0.1, 0.15) is 4.21 Å². The molecule has 0 aliphatic rings. The third-order valence-corrected chi connectivity index (χ3v) is 5.16. The van der Waals surface area contributed by atoms with E-state index in [1.807, 2.05) is 19.9 Å². The fourth-order valence-electron chi connectivity index (χ4n) is 1.26. The summed E-state index contributed by atoms with van der Waals surface area (Å²) < 4.78 is 26.6. The first-order chi connectivity index (χ1) is 6.97. The van der Waals surface area contributed by atoms with Crippen molar-refractivity contribution in [1.29, 1.82) is 0 Å². The van der Waals surface area contributed by atoms with E-state index in [4.69, 9.17) is 0 Å². The predicted octanol–water partition coefficient (Wildman–Crippen LogP) is 0.863. The Morgan fingerprint density at radius 3 is 2.47 bits per heavy atom. The van der Waals surface area contributed by atoms with Crippen LogP contribution in [0.4, 0.5) is 0 Å². The van der Waals surface area contributed by atoms with Crippen LogP contribution in [0.2, 0.25) is 0 Å².